The van der Waals surface area contributed by atoms with Crippen LogP contribution >= 0.6 is 0 Å². The van der Waals surface area contributed by atoms with E-state index in [0.29, 0.717) is 10.9 Å². The van der Waals surface area contributed by atoms with Gasteiger partial charge in [0.05, 0.1) is 16.3 Å². The Balaban J connectivity index is 2.21. The second-order valence-corrected chi connectivity index (χ2v) is 7.39. The zero-order valence-corrected chi connectivity index (χ0v) is 12.4. The molecule has 1 heterocycles. The smallest absolute Gasteiger partial charge is 0.180 e. The van der Waals surface area contributed by atoms with Crippen LogP contribution in [-0.4, -0.2) is 45.2 Å². The lowest BCUT2D eigenvalue weighted by Crippen LogP contribution is -2.40. The normalized spacial score (nSPS) is 21.3. The monoisotopic (exact) mass is 282 g/mol. The first kappa shape index (κ1) is 14.3. The number of para-hydroxylation sites is 1. The van der Waals surface area contributed by atoms with Gasteiger partial charge in [-0.2, -0.15) is 0 Å². The molecule has 106 valence electrons. The SMILES string of the molecule is CCS(=O)(=O)c1ccccc1NC1CCCN(C)C1. The summed E-state index contributed by atoms with van der Waals surface area (Å²) >= 11 is 0. The summed E-state index contributed by atoms with van der Waals surface area (Å²) in [5.41, 5.74) is 0.740. The van der Waals surface area contributed by atoms with Gasteiger partial charge in [0.1, 0.15) is 0 Å². The fourth-order valence-electron chi connectivity index (χ4n) is 2.52. The van der Waals surface area contributed by atoms with Crippen molar-refractivity contribution < 1.29 is 8.42 Å². The standard InChI is InChI=1S/C14H22N2O2S/c1-3-19(17,18)14-9-5-4-8-13(14)15-12-7-6-10-16(2)11-12/h4-5,8-9,12,15H,3,6-7,10-11H2,1-2H3. The molecule has 0 aromatic heterocycles. The number of nitrogens with one attached hydrogen (secondary N) is 1. The van der Waals surface area contributed by atoms with Crippen LogP contribution in [0.4, 0.5) is 5.69 Å². The third-order valence-corrected chi connectivity index (χ3v) is 5.37. The van der Waals surface area contributed by atoms with E-state index in [1.807, 2.05) is 12.1 Å². The maximum absolute atomic E-state index is 12.1. The molecule has 1 atom stereocenters. The molecule has 19 heavy (non-hydrogen) atoms. The number of benzene rings is 1. The molecule has 4 nitrogen and oxygen atoms in total. The van der Waals surface area contributed by atoms with Gasteiger partial charge in [-0.25, -0.2) is 8.42 Å². The highest BCUT2D eigenvalue weighted by atomic mass is 32.2. The van der Waals surface area contributed by atoms with Crippen LogP contribution in [0.25, 0.3) is 0 Å². The summed E-state index contributed by atoms with van der Waals surface area (Å²) in [6, 6.07) is 7.53. The van der Waals surface area contributed by atoms with Crippen molar-refractivity contribution in [3.05, 3.63) is 24.3 Å². The van der Waals surface area contributed by atoms with Crippen molar-refractivity contribution in [1.29, 1.82) is 0 Å². The van der Waals surface area contributed by atoms with Crippen molar-refractivity contribution in [2.75, 3.05) is 31.2 Å². The van der Waals surface area contributed by atoms with Crippen molar-refractivity contribution in [2.24, 2.45) is 0 Å². The third-order valence-electron chi connectivity index (χ3n) is 3.59. The van der Waals surface area contributed by atoms with Crippen LogP contribution in [0.1, 0.15) is 19.8 Å². The third kappa shape index (κ3) is 3.48. The molecule has 1 aromatic rings. The molecule has 0 bridgehead atoms. The quantitative estimate of drug-likeness (QED) is 0.917. The van der Waals surface area contributed by atoms with E-state index in [4.69, 9.17) is 0 Å². The number of rotatable bonds is 4. The van der Waals surface area contributed by atoms with E-state index in [0.717, 1.165) is 31.6 Å². The van der Waals surface area contributed by atoms with Gasteiger partial charge in [0.25, 0.3) is 0 Å². The number of likely N-dealkylation sites (tertiary alicyclic amines) is 1. The Morgan fingerprint density at radius 2 is 2.11 bits per heavy atom. The molecule has 0 aliphatic carbocycles. The Bertz CT molecular complexity index is 528. The van der Waals surface area contributed by atoms with Gasteiger partial charge in [0.15, 0.2) is 9.84 Å². The van der Waals surface area contributed by atoms with Crippen molar-refractivity contribution in [1.82, 2.24) is 4.90 Å². The summed E-state index contributed by atoms with van der Waals surface area (Å²) in [6.07, 6.45) is 2.24. The van der Waals surface area contributed by atoms with E-state index in [9.17, 15) is 8.42 Å². The van der Waals surface area contributed by atoms with Crippen LogP contribution in [-0.2, 0) is 9.84 Å². The predicted molar refractivity (Wildman–Crippen MR) is 78.3 cm³/mol. The molecule has 1 aromatic carbocycles. The summed E-state index contributed by atoms with van der Waals surface area (Å²) in [7, 11) is -1.07. The van der Waals surface area contributed by atoms with Gasteiger partial charge in [-0.3, -0.25) is 0 Å². The molecule has 1 fully saturated rings. The minimum absolute atomic E-state index is 0.135. The first-order valence-electron chi connectivity index (χ1n) is 6.80. The second kappa shape index (κ2) is 5.92. The highest BCUT2D eigenvalue weighted by Crippen LogP contribution is 2.24. The highest BCUT2D eigenvalue weighted by molar-refractivity contribution is 7.91. The largest absolute Gasteiger partial charge is 0.380 e. The van der Waals surface area contributed by atoms with E-state index in [1.165, 1.54) is 0 Å². The van der Waals surface area contributed by atoms with Gasteiger partial charge in [-0.05, 0) is 38.6 Å². The van der Waals surface area contributed by atoms with Crippen molar-refractivity contribution in [2.45, 2.75) is 30.7 Å². The second-order valence-electron chi connectivity index (χ2n) is 5.15. The Kier molecular flexibility index (Phi) is 4.47. The van der Waals surface area contributed by atoms with Crippen LogP contribution in [0.3, 0.4) is 0 Å². The highest BCUT2D eigenvalue weighted by Gasteiger charge is 2.21. The van der Waals surface area contributed by atoms with Gasteiger partial charge < -0.3 is 10.2 Å². The number of piperidine rings is 1. The van der Waals surface area contributed by atoms with Crippen LogP contribution in [0, 0.1) is 0 Å². The van der Waals surface area contributed by atoms with Crippen molar-refractivity contribution >= 4 is 15.5 Å². The topological polar surface area (TPSA) is 49.4 Å². The number of sulfone groups is 1. The molecule has 2 rings (SSSR count). The van der Waals surface area contributed by atoms with Gasteiger partial charge in [0, 0.05) is 12.6 Å². The van der Waals surface area contributed by atoms with Crippen molar-refractivity contribution in [3.63, 3.8) is 0 Å². The van der Waals surface area contributed by atoms with E-state index >= 15 is 0 Å². The lowest BCUT2D eigenvalue weighted by molar-refractivity contribution is 0.261. The summed E-state index contributed by atoms with van der Waals surface area (Å²) in [5.74, 6) is 0.135. The van der Waals surface area contributed by atoms with Crippen LogP contribution in [0.15, 0.2) is 29.2 Å². The van der Waals surface area contributed by atoms with E-state index in [-0.39, 0.29) is 5.75 Å². The lowest BCUT2D eigenvalue weighted by Gasteiger charge is -2.31. The van der Waals surface area contributed by atoms with Gasteiger partial charge in [-0.15, -0.1) is 0 Å². The Morgan fingerprint density at radius 3 is 2.79 bits per heavy atom. The van der Waals surface area contributed by atoms with Crippen LogP contribution in [0.5, 0.6) is 0 Å². The maximum Gasteiger partial charge on any atom is 0.180 e. The molecule has 1 aliphatic rings. The van der Waals surface area contributed by atoms with Crippen LogP contribution < -0.4 is 5.32 Å². The molecule has 0 amide bonds. The molecule has 5 heteroatoms. The molecule has 0 radical (unpaired) electrons. The zero-order chi connectivity index (χ0) is 13.9. The molecule has 0 saturated carbocycles. The molecule has 0 spiro atoms. The van der Waals surface area contributed by atoms with E-state index in [1.54, 1.807) is 19.1 Å². The molecule has 1 aliphatic heterocycles. The molecule has 1 saturated heterocycles. The molecular weight excluding hydrogens is 260 g/mol. The maximum atomic E-state index is 12.1. The van der Waals surface area contributed by atoms with Crippen molar-refractivity contribution in [3.8, 4) is 0 Å². The number of nitrogens with zero attached hydrogens (tertiary/aromatic N) is 1. The first-order valence-corrected chi connectivity index (χ1v) is 8.45. The average molecular weight is 282 g/mol. The minimum atomic E-state index is -3.17. The average Bonchev–Trinajstić information content (AvgIpc) is 2.39. The minimum Gasteiger partial charge on any atom is -0.380 e. The van der Waals surface area contributed by atoms with Gasteiger partial charge in [0.2, 0.25) is 0 Å². The fraction of sp³-hybridized carbons (Fsp3) is 0.571. The molecule has 1 unspecified atom stereocenters. The summed E-state index contributed by atoms with van der Waals surface area (Å²) < 4.78 is 24.2. The number of anilines is 1. The Labute approximate surface area is 115 Å². The molecular formula is C14H22N2O2S. The predicted octanol–water partition coefficient (Wildman–Crippen LogP) is 1.99. The fourth-order valence-corrected chi connectivity index (χ4v) is 3.58. The number of hydrogen-bond donors (Lipinski definition) is 1. The summed E-state index contributed by atoms with van der Waals surface area (Å²) in [4.78, 5) is 2.70. The Morgan fingerprint density at radius 1 is 1.37 bits per heavy atom. The van der Waals surface area contributed by atoms with Gasteiger partial charge >= 0.3 is 0 Å². The number of likely N-dealkylation sites (N-methyl/N-ethyl adjacent to an activating group) is 1. The Hall–Kier alpha value is -1.07. The van der Waals surface area contributed by atoms with Crippen LogP contribution in [0.2, 0.25) is 0 Å². The summed E-state index contributed by atoms with van der Waals surface area (Å²) in [5, 5.41) is 3.40. The van der Waals surface area contributed by atoms with E-state index < -0.39 is 9.84 Å². The van der Waals surface area contributed by atoms with E-state index in [2.05, 4.69) is 17.3 Å². The lowest BCUT2D eigenvalue weighted by atomic mass is 10.1. The zero-order valence-electron chi connectivity index (χ0n) is 11.6. The molecule has 1 N–H and O–H groups in total. The summed E-state index contributed by atoms with van der Waals surface area (Å²) in [6.45, 7) is 3.76. The van der Waals surface area contributed by atoms with Gasteiger partial charge in [-0.1, -0.05) is 19.1 Å². The number of hydrogen-bond acceptors (Lipinski definition) is 4. The first-order chi connectivity index (χ1) is 9.03.